The zero-order chi connectivity index (χ0) is 23.2. The summed E-state index contributed by atoms with van der Waals surface area (Å²) in [7, 11) is 2.16. The molecule has 1 aliphatic rings. The molecule has 2 aromatic carbocycles. The molecule has 0 saturated carbocycles. The van der Waals surface area contributed by atoms with Crippen LogP contribution in [0.15, 0.2) is 67.4 Å². The number of likely N-dealkylation sites (N-methyl/N-ethyl adjacent to an activating group) is 1. The average molecular weight is 554 g/mol. The van der Waals surface area contributed by atoms with Crippen LogP contribution < -0.4 is 15.5 Å². The van der Waals surface area contributed by atoms with Crippen molar-refractivity contribution in [1.82, 2.24) is 14.9 Å². The molecule has 2 N–H and O–H groups in total. The van der Waals surface area contributed by atoms with E-state index in [1.807, 2.05) is 24.3 Å². The van der Waals surface area contributed by atoms with Crippen LogP contribution in [0.3, 0.4) is 0 Å². The van der Waals surface area contributed by atoms with Gasteiger partial charge >= 0.3 is 0 Å². The maximum Gasteiger partial charge on any atom is 0.229 e. The van der Waals surface area contributed by atoms with Crippen molar-refractivity contribution in [2.24, 2.45) is 0 Å². The number of para-hydroxylation sites is 1. The van der Waals surface area contributed by atoms with Crippen LogP contribution in [0.25, 0.3) is 0 Å². The Kier molecular flexibility index (Phi) is 7.56. The molecule has 170 valence electrons. The predicted molar refractivity (Wildman–Crippen MR) is 143 cm³/mol. The number of aromatic nitrogens is 2. The van der Waals surface area contributed by atoms with E-state index < -0.39 is 0 Å². The molecule has 0 bridgehead atoms. The van der Waals surface area contributed by atoms with Crippen LogP contribution >= 0.6 is 22.6 Å². The van der Waals surface area contributed by atoms with E-state index >= 15 is 0 Å². The summed E-state index contributed by atoms with van der Waals surface area (Å²) in [5.74, 6) is 1.16. The number of rotatable bonds is 8. The van der Waals surface area contributed by atoms with Gasteiger partial charge in [-0.05, 0) is 71.6 Å². The number of carbonyl (C=O) groups excluding carboxylic acids is 1. The molecule has 0 amide bonds. The number of ketones is 1. The second kappa shape index (κ2) is 10.8. The van der Waals surface area contributed by atoms with Crippen LogP contribution in [0.5, 0.6) is 0 Å². The molecule has 0 unspecified atom stereocenters. The van der Waals surface area contributed by atoms with E-state index in [1.54, 1.807) is 6.20 Å². The van der Waals surface area contributed by atoms with E-state index in [-0.39, 0.29) is 5.78 Å². The van der Waals surface area contributed by atoms with Crippen molar-refractivity contribution in [2.45, 2.75) is 6.42 Å². The molecular formula is C25H27IN6O. The fourth-order valence-corrected chi connectivity index (χ4v) is 4.04. The summed E-state index contributed by atoms with van der Waals surface area (Å²) in [4.78, 5) is 25.7. The maximum atomic E-state index is 11.9. The summed E-state index contributed by atoms with van der Waals surface area (Å²) in [6, 6.07) is 16.1. The summed E-state index contributed by atoms with van der Waals surface area (Å²) >= 11 is 2.20. The van der Waals surface area contributed by atoms with E-state index in [4.69, 9.17) is 0 Å². The first-order chi connectivity index (χ1) is 16.0. The second-order valence-electron chi connectivity index (χ2n) is 7.98. The number of halogens is 1. The Bertz CT molecular complexity index is 1130. The van der Waals surface area contributed by atoms with Crippen molar-refractivity contribution in [2.75, 3.05) is 48.8 Å². The fraction of sp³-hybridized carbons (Fsp3) is 0.240. The van der Waals surface area contributed by atoms with Crippen molar-refractivity contribution in [3.8, 4) is 0 Å². The van der Waals surface area contributed by atoms with E-state index in [2.05, 4.69) is 90.9 Å². The normalized spacial score (nSPS) is 14.1. The Labute approximate surface area is 208 Å². The number of hydrogen-bond acceptors (Lipinski definition) is 7. The largest absolute Gasteiger partial charge is 0.369 e. The molecule has 0 atom stereocenters. The molecule has 8 heteroatoms. The second-order valence-corrected chi connectivity index (χ2v) is 9.14. The Morgan fingerprint density at radius 3 is 2.55 bits per heavy atom. The molecule has 1 aromatic heterocycles. The first-order valence-electron chi connectivity index (χ1n) is 10.8. The number of hydrogen-bond donors (Lipinski definition) is 2. The van der Waals surface area contributed by atoms with E-state index in [0.717, 1.165) is 46.7 Å². The van der Waals surface area contributed by atoms with Gasteiger partial charge in [0.2, 0.25) is 5.95 Å². The zero-order valence-corrected chi connectivity index (χ0v) is 20.7. The van der Waals surface area contributed by atoms with Crippen LogP contribution in [0.2, 0.25) is 0 Å². The number of nitrogens with zero attached hydrogens (tertiary/aromatic N) is 4. The molecule has 1 fully saturated rings. The van der Waals surface area contributed by atoms with Crippen molar-refractivity contribution in [3.63, 3.8) is 0 Å². The standard InChI is InChI=1S/C25H27IN6O/c1-3-21(33)16-18-6-4-5-7-23(18)29-24-22(26)17-27-25(30-24)28-19-8-10-20(11-9-19)32-14-12-31(2)13-15-32/h3-11,17H,1,12-16H2,2H3,(H2,27,28,29,30). The first kappa shape index (κ1) is 23.2. The molecule has 7 nitrogen and oxygen atoms in total. The Balaban J connectivity index is 1.47. The van der Waals surface area contributed by atoms with Crippen LogP contribution in [0, 0.1) is 3.57 Å². The summed E-state index contributed by atoms with van der Waals surface area (Å²) in [6.45, 7) is 7.81. The minimum absolute atomic E-state index is 0.0241. The number of allylic oxidation sites excluding steroid dienone is 1. The van der Waals surface area contributed by atoms with Crippen LogP contribution in [0.1, 0.15) is 5.56 Å². The van der Waals surface area contributed by atoms with Gasteiger partial charge in [0.15, 0.2) is 5.78 Å². The topological polar surface area (TPSA) is 73.4 Å². The fourth-order valence-electron chi connectivity index (χ4n) is 3.65. The van der Waals surface area contributed by atoms with Crippen molar-refractivity contribution >= 4 is 57.2 Å². The maximum absolute atomic E-state index is 11.9. The summed E-state index contributed by atoms with van der Waals surface area (Å²) in [5.41, 5.74) is 3.89. The van der Waals surface area contributed by atoms with Gasteiger partial charge in [0.1, 0.15) is 5.82 Å². The summed E-state index contributed by atoms with van der Waals surface area (Å²) < 4.78 is 0.883. The lowest BCUT2D eigenvalue weighted by Crippen LogP contribution is -2.44. The minimum Gasteiger partial charge on any atom is -0.369 e. The lowest BCUT2D eigenvalue weighted by atomic mass is 10.1. The number of nitrogens with one attached hydrogen (secondary N) is 2. The molecule has 0 spiro atoms. The van der Waals surface area contributed by atoms with Gasteiger partial charge in [0, 0.05) is 55.9 Å². The SMILES string of the molecule is C=CC(=O)Cc1ccccc1Nc1nc(Nc2ccc(N3CCN(C)CC3)cc2)ncc1I. The average Bonchev–Trinajstić information content (AvgIpc) is 2.83. The molecule has 0 radical (unpaired) electrons. The van der Waals surface area contributed by atoms with Crippen molar-refractivity contribution in [1.29, 1.82) is 0 Å². The molecule has 1 aliphatic heterocycles. The molecule has 3 aromatic rings. The van der Waals surface area contributed by atoms with Crippen LogP contribution in [0.4, 0.5) is 28.8 Å². The van der Waals surface area contributed by atoms with Gasteiger partial charge in [-0.3, -0.25) is 4.79 Å². The van der Waals surface area contributed by atoms with Gasteiger partial charge in [-0.1, -0.05) is 24.8 Å². The third kappa shape index (κ3) is 6.08. The van der Waals surface area contributed by atoms with Gasteiger partial charge in [0.05, 0.1) is 3.57 Å². The molecule has 2 heterocycles. The predicted octanol–water partition coefficient (Wildman–Crippen LogP) is 4.62. The lowest BCUT2D eigenvalue weighted by molar-refractivity contribution is -0.114. The molecule has 1 saturated heterocycles. The van der Waals surface area contributed by atoms with Gasteiger partial charge < -0.3 is 20.4 Å². The number of benzene rings is 2. The van der Waals surface area contributed by atoms with Gasteiger partial charge in [-0.2, -0.15) is 4.98 Å². The number of piperazine rings is 1. The highest BCUT2D eigenvalue weighted by atomic mass is 127. The minimum atomic E-state index is -0.0241. The molecule has 33 heavy (non-hydrogen) atoms. The highest BCUT2D eigenvalue weighted by molar-refractivity contribution is 14.1. The smallest absolute Gasteiger partial charge is 0.229 e. The Morgan fingerprint density at radius 1 is 1.09 bits per heavy atom. The molecule has 4 rings (SSSR count). The third-order valence-corrected chi connectivity index (χ3v) is 6.39. The highest BCUT2D eigenvalue weighted by Gasteiger charge is 2.14. The van der Waals surface area contributed by atoms with E-state index in [1.165, 1.54) is 11.8 Å². The molecular weight excluding hydrogens is 527 g/mol. The quantitative estimate of drug-likeness (QED) is 0.311. The van der Waals surface area contributed by atoms with Crippen LogP contribution in [-0.4, -0.2) is 53.9 Å². The summed E-state index contributed by atoms with van der Waals surface area (Å²) in [5, 5.41) is 6.65. The van der Waals surface area contributed by atoms with E-state index in [9.17, 15) is 4.79 Å². The lowest BCUT2D eigenvalue weighted by Gasteiger charge is -2.34. The number of anilines is 5. The van der Waals surface area contributed by atoms with E-state index in [0.29, 0.717) is 18.2 Å². The Hall–Kier alpha value is -2.98. The van der Waals surface area contributed by atoms with Gasteiger partial charge in [-0.15, -0.1) is 0 Å². The Morgan fingerprint density at radius 2 is 1.82 bits per heavy atom. The third-order valence-electron chi connectivity index (χ3n) is 5.60. The van der Waals surface area contributed by atoms with Crippen molar-refractivity contribution in [3.05, 3.63) is 76.5 Å². The zero-order valence-electron chi connectivity index (χ0n) is 18.6. The molecule has 0 aliphatic carbocycles. The van der Waals surface area contributed by atoms with Crippen LogP contribution in [-0.2, 0) is 11.2 Å². The van der Waals surface area contributed by atoms with Gasteiger partial charge in [-0.25, -0.2) is 4.98 Å². The van der Waals surface area contributed by atoms with Crippen molar-refractivity contribution < 1.29 is 4.79 Å². The summed E-state index contributed by atoms with van der Waals surface area (Å²) in [6.07, 6.45) is 3.41. The number of carbonyl (C=O) groups is 1. The highest BCUT2D eigenvalue weighted by Crippen LogP contribution is 2.26. The first-order valence-corrected chi connectivity index (χ1v) is 11.9. The van der Waals surface area contributed by atoms with Gasteiger partial charge in [0.25, 0.3) is 0 Å². The monoisotopic (exact) mass is 554 g/mol.